The summed E-state index contributed by atoms with van der Waals surface area (Å²) in [6.45, 7) is 0.954. The van der Waals surface area contributed by atoms with Crippen LogP contribution in [0, 0.1) is 5.92 Å². The highest BCUT2D eigenvalue weighted by atomic mass is 16.5. The number of carboxylic acids is 1. The minimum absolute atomic E-state index is 0.0699. The van der Waals surface area contributed by atoms with E-state index < -0.39 is 5.97 Å². The number of rotatable bonds is 8. The minimum Gasteiger partial charge on any atom is -0.480 e. The lowest BCUT2D eigenvalue weighted by Gasteiger charge is -2.42. The molecule has 2 aliphatic rings. The first-order valence-corrected chi connectivity index (χ1v) is 9.17. The molecule has 1 heterocycles. The van der Waals surface area contributed by atoms with Gasteiger partial charge in [0.05, 0.1) is 13.0 Å². The van der Waals surface area contributed by atoms with Crippen LogP contribution in [-0.2, 0) is 16.0 Å². The van der Waals surface area contributed by atoms with Crippen LogP contribution < -0.4 is 5.32 Å². The van der Waals surface area contributed by atoms with Gasteiger partial charge in [-0.15, -0.1) is 0 Å². The number of fused-ring (bicyclic) bond motifs is 1. The molecule has 7 heteroatoms. The van der Waals surface area contributed by atoms with Crippen LogP contribution in [0.3, 0.4) is 0 Å². The Kier molecular flexibility index (Phi) is 4.63. The van der Waals surface area contributed by atoms with Crippen LogP contribution in [0.5, 0.6) is 0 Å². The van der Waals surface area contributed by atoms with Crippen LogP contribution in [0.2, 0.25) is 0 Å². The van der Waals surface area contributed by atoms with E-state index in [0.717, 1.165) is 24.8 Å². The quantitative estimate of drug-likeness (QED) is 0.748. The minimum atomic E-state index is -0.781. The molecule has 4 rings (SSSR count). The average molecular weight is 357 g/mol. The fraction of sp³-hybridized carbons (Fsp3) is 0.526. The highest BCUT2D eigenvalue weighted by Gasteiger charge is 2.37. The normalized spacial score (nSPS) is 22.3. The maximum Gasteiger partial charge on any atom is 0.317 e. The van der Waals surface area contributed by atoms with E-state index in [4.69, 9.17) is 9.63 Å². The molecule has 2 fully saturated rings. The fourth-order valence-corrected chi connectivity index (χ4v) is 3.65. The molecule has 2 saturated carbocycles. The van der Waals surface area contributed by atoms with Crippen molar-refractivity contribution in [2.45, 2.75) is 44.2 Å². The molecule has 2 aromatic rings. The zero-order chi connectivity index (χ0) is 18.1. The highest BCUT2D eigenvalue weighted by molar-refractivity contribution is 5.86. The molecule has 1 aromatic heterocycles. The molecular weight excluding hydrogens is 334 g/mol. The predicted octanol–water partition coefficient (Wildman–Crippen LogP) is 1.81. The number of carbonyl (C=O) groups is 2. The van der Waals surface area contributed by atoms with Crippen molar-refractivity contribution in [1.29, 1.82) is 0 Å². The standard InChI is InChI=1S/C19H23N3O4/c23-18(9-16-15-3-1-2-4-17(15)26-21-16)20-13-7-14(8-13)22(11-19(24)25)10-12-5-6-12/h1-4,12-14H,5-11H2,(H,20,23)(H,24,25). The summed E-state index contributed by atoms with van der Waals surface area (Å²) >= 11 is 0. The second-order valence-corrected chi connectivity index (χ2v) is 7.46. The average Bonchev–Trinajstić information content (AvgIpc) is 3.29. The van der Waals surface area contributed by atoms with Crippen LogP contribution in [0.1, 0.15) is 31.4 Å². The number of para-hydroxylation sites is 1. The molecule has 0 saturated heterocycles. The number of aromatic nitrogens is 1. The molecule has 7 nitrogen and oxygen atoms in total. The number of carbonyl (C=O) groups excluding carboxylic acids is 1. The molecule has 0 bridgehead atoms. The topological polar surface area (TPSA) is 95.7 Å². The highest BCUT2D eigenvalue weighted by Crippen LogP contribution is 2.33. The molecule has 1 aromatic carbocycles. The van der Waals surface area contributed by atoms with Crippen molar-refractivity contribution in [3.05, 3.63) is 30.0 Å². The largest absolute Gasteiger partial charge is 0.480 e. The molecule has 0 spiro atoms. The number of hydrogen-bond acceptors (Lipinski definition) is 5. The van der Waals surface area contributed by atoms with E-state index in [0.29, 0.717) is 17.2 Å². The van der Waals surface area contributed by atoms with E-state index in [1.807, 2.05) is 24.3 Å². The first kappa shape index (κ1) is 17.0. The van der Waals surface area contributed by atoms with Crippen LogP contribution in [-0.4, -0.2) is 52.2 Å². The maximum atomic E-state index is 12.3. The second kappa shape index (κ2) is 7.07. The third-order valence-electron chi connectivity index (χ3n) is 5.30. The lowest BCUT2D eigenvalue weighted by molar-refractivity contribution is -0.140. The number of hydrogen-bond donors (Lipinski definition) is 2. The van der Waals surface area contributed by atoms with E-state index in [1.165, 1.54) is 12.8 Å². The Labute approximate surface area is 151 Å². The lowest BCUT2D eigenvalue weighted by Crippen LogP contribution is -2.55. The van der Waals surface area contributed by atoms with Gasteiger partial charge >= 0.3 is 5.97 Å². The van der Waals surface area contributed by atoms with Crippen molar-refractivity contribution in [1.82, 2.24) is 15.4 Å². The van der Waals surface area contributed by atoms with Crippen molar-refractivity contribution in [2.75, 3.05) is 13.1 Å². The molecule has 2 aliphatic carbocycles. The van der Waals surface area contributed by atoms with Gasteiger partial charge in [-0.05, 0) is 43.7 Å². The van der Waals surface area contributed by atoms with E-state index in [-0.39, 0.29) is 31.0 Å². The lowest BCUT2D eigenvalue weighted by atomic mass is 9.85. The van der Waals surface area contributed by atoms with E-state index in [9.17, 15) is 9.59 Å². The monoisotopic (exact) mass is 357 g/mol. The Balaban J connectivity index is 1.27. The zero-order valence-corrected chi connectivity index (χ0v) is 14.6. The Morgan fingerprint density at radius 1 is 1.27 bits per heavy atom. The van der Waals surface area contributed by atoms with Crippen molar-refractivity contribution < 1.29 is 19.2 Å². The van der Waals surface area contributed by atoms with Gasteiger partial charge in [0.1, 0.15) is 5.69 Å². The molecule has 0 unspecified atom stereocenters. The van der Waals surface area contributed by atoms with E-state index in [1.54, 1.807) is 0 Å². The number of nitrogens with one attached hydrogen (secondary N) is 1. The number of benzene rings is 1. The Bertz CT molecular complexity index is 808. The number of aliphatic carboxylic acids is 1. The van der Waals surface area contributed by atoms with Crippen LogP contribution in [0.15, 0.2) is 28.8 Å². The third-order valence-corrected chi connectivity index (χ3v) is 5.30. The van der Waals surface area contributed by atoms with Crippen LogP contribution >= 0.6 is 0 Å². The summed E-state index contributed by atoms with van der Waals surface area (Å²) in [6.07, 6.45) is 4.22. The van der Waals surface area contributed by atoms with Gasteiger partial charge in [0.25, 0.3) is 0 Å². The first-order valence-electron chi connectivity index (χ1n) is 9.17. The number of amides is 1. The zero-order valence-electron chi connectivity index (χ0n) is 14.6. The smallest absolute Gasteiger partial charge is 0.317 e. The third kappa shape index (κ3) is 3.88. The summed E-state index contributed by atoms with van der Waals surface area (Å²) in [4.78, 5) is 25.4. The number of carboxylic acid groups (broad SMARTS) is 1. The van der Waals surface area contributed by atoms with Crippen molar-refractivity contribution in [3.63, 3.8) is 0 Å². The summed E-state index contributed by atoms with van der Waals surface area (Å²) in [5.41, 5.74) is 1.33. The van der Waals surface area contributed by atoms with Gasteiger partial charge in [0.2, 0.25) is 5.91 Å². The van der Waals surface area contributed by atoms with Crippen molar-refractivity contribution in [3.8, 4) is 0 Å². The van der Waals surface area contributed by atoms with Gasteiger partial charge in [0.15, 0.2) is 5.58 Å². The molecule has 0 aliphatic heterocycles. The SMILES string of the molecule is O=C(O)CN(CC1CC1)C1CC(NC(=O)Cc2noc3ccccc23)C1. The maximum absolute atomic E-state index is 12.3. The van der Waals surface area contributed by atoms with Gasteiger partial charge < -0.3 is 14.9 Å². The molecule has 1 amide bonds. The van der Waals surface area contributed by atoms with E-state index >= 15 is 0 Å². The summed E-state index contributed by atoms with van der Waals surface area (Å²) < 4.78 is 5.23. The Hall–Kier alpha value is -2.41. The molecule has 26 heavy (non-hydrogen) atoms. The number of nitrogens with zero attached hydrogens (tertiary/aromatic N) is 2. The summed E-state index contributed by atoms with van der Waals surface area (Å²) in [5, 5.41) is 17.0. The van der Waals surface area contributed by atoms with Gasteiger partial charge in [0, 0.05) is 24.0 Å². The molecule has 0 atom stereocenters. The predicted molar refractivity (Wildman–Crippen MR) is 94.6 cm³/mol. The van der Waals surface area contributed by atoms with Crippen molar-refractivity contribution in [2.24, 2.45) is 5.92 Å². The summed E-state index contributed by atoms with van der Waals surface area (Å²) in [7, 11) is 0. The first-order chi connectivity index (χ1) is 12.6. The van der Waals surface area contributed by atoms with Gasteiger partial charge in [-0.1, -0.05) is 17.3 Å². The van der Waals surface area contributed by atoms with E-state index in [2.05, 4.69) is 15.4 Å². The van der Waals surface area contributed by atoms with Crippen LogP contribution in [0.25, 0.3) is 11.0 Å². The molecular formula is C19H23N3O4. The summed E-state index contributed by atoms with van der Waals surface area (Å²) in [5.74, 6) is -0.195. The molecule has 2 N–H and O–H groups in total. The van der Waals surface area contributed by atoms with Gasteiger partial charge in [-0.25, -0.2) is 0 Å². The summed E-state index contributed by atoms with van der Waals surface area (Å²) in [6, 6.07) is 7.86. The van der Waals surface area contributed by atoms with Crippen LogP contribution in [0.4, 0.5) is 0 Å². The molecule has 0 radical (unpaired) electrons. The fourth-order valence-electron chi connectivity index (χ4n) is 3.65. The van der Waals surface area contributed by atoms with Gasteiger partial charge in [-0.2, -0.15) is 0 Å². The Morgan fingerprint density at radius 3 is 2.77 bits per heavy atom. The second-order valence-electron chi connectivity index (χ2n) is 7.46. The molecule has 138 valence electrons. The van der Waals surface area contributed by atoms with Crippen molar-refractivity contribution >= 4 is 22.8 Å². The van der Waals surface area contributed by atoms with Gasteiger partial charge in [-0.3, -0.25) is 14.5 Å². The Morgan fingerprint density at radius 2 is 2.04 bits per heavy atom.